The van der Waals surface area contributed by atoms with Crippen LogP contribution in [-0.2, 0) is 10.0 Å². The minimum Gasteiger partial charge on any atom is -0.506 e. The zero-order valence-electron chi connectivity index (χ0n) is 16.7. The number of rotatable bonds is 7. The van der Waals surface area contributed by atoms with Gasteiger partial charge in [-0.2, -0.15) is 0 Å². The lowest BCUT2D eigenvalue weighted by molar-refractivity contribution is 0.102. The average molecular weight is 457 g/mol. The molecule has 160 valence electrons. The van der Waals surface area contributed by atoms with Gasteiger partial charge < -0.3 is 10.4 Å². The number of benzene rings is 3. The van der Waals surface area contributed by atoms with Crippen LogP contribution < -0.4 is 9.62 Å². The van der Waals surface area contributed by atoms with E-state index in [1.807, 2.05) is 6.92 Å². The van der Waals surface area contributed by atoms with Crippen molar-refractivity contribution in [2.24, 2.45) is 0 Å². The monoisotopic (exact) mass is 456 g/mol. The molecule has 0 aliphatic rings. The van der Waals surface area contributed by atoms with Gasteiger partial charge in [-0.1, -0.05) is 41.9 Å². The van der Waals surface area contributed by atoms with E-state index in [0.717, 1.165) is 9.87 Å². The summed E-state index contributed by atoms with van der Waals surface area (Å²) in [6, 6.07) is 17.4. The lowest BCUT2D eigenvalue weighted by Gasteiger charge is -2.24. The summed E-state index contributed by atoms with van der Waals surface area (Å²) in [7, 11) is -4.09. The molecule has 0 aromatic heterocycles. The van der Waals surface area contributed by atoms with Gasteiger partial charge >= 0.3 is 0 Å². The summed E-state index contributed by atoms with van der Waals surface area (Å²) < 4.78 is 27.9. The van der Waals surface area contributed by atoms with Crippen molar-refractivity contribution in [2.45, 2.75) is 11.8 Å². The molecule has 6 nitrogen and oxygen atoms in total. The molecule has 0 aliphatic carbocycles. The third-order valence-corrected chi connectivity index (χ3v) is 6.78. The van der Waals surface area contributed by atoms with Gasteiger partial charge in [0.25, 0.3) is 15.9 Å². The Kier molecular flexibility index (Phi) is 6.68. The van der Waals surface area contributed by atoms with E-state index >= 15 is 0 Å². The summed E-state index contributed by atoms with van der Waals surface area (Å²) in [5.74, 6) is -0.668. The van der Waals surface area contributed by atoms with Crippen LogP contribution in [0.5, 0.6) is 5.75 Å². The average Bonchev–Trinajstić information content (AvgIpc) is 2.74. The molecule has 0 aliphatic heterocycles. The first-order chi connectivity index (χ1) is 14.7. The van der Waals surface area contributed by atoms with E-state index in [4.69, 9.17) is 11.6 Å². The molecule has 0 fully saturated rings. The predicted molar refractivity (Wildman–Crippen MR) is 123 cm³/mol. The topological polar surface area (TPSA) is 86.7 Å². The van der Waals surface area contributed by atoms with Gasteiger partial charge in [0.1, 0.15) is 10.6 Å². The quantitative estimate of drug-likeness (QED) is 0.387. The number of anilines is 2. The van der Waals surface area contributed by atoms with Gasteiger partial charge in [0.15, 0.2) is 0 Å². The standard InChI is InChI=1S/C23H21ClN2O4S/c1-3-13-26(18-7-5-4-6-8-18)31(29,30)22-15-17(10-11-19(22)24)23(28)25-20-12-9-16(2)14-21(20)27/h3-12,14-15,27H,1,13H2,2H3,(H,25,28). The fourth-order valence-electron chi connectivity index (χ4n) is 2.96. The third kappa shape index (κ3) is 4.90. The SMILES string of the molecule is C=CCN(c1ccccc1)S(=O)(=O)c1cc(C(=O)Nc2ccc(C)cc2O)ccc1Cl. The third-order valence-electron chi connectivity index (χ3n) is 4.50. The number of phenolic OH excluding ortho intramolecular Hbond substituents is 1. The van der Waals surface area contributed by atoms with Crippen molar-refractivity contribution in [1.29, 1.82) is 0 Å². The van der Waals surface area contributed by atoms with Crippen LogP contribution >= 0.6 is 11.6 Å². The summed E-state index contributed by atoms with van der Waals surface area (Å²) >= 11 is 6.22. The molecule has 0 saturated carbocycles. The van der Waals surface area contributed by atoms with E-state index < -0.39 is 15.9 Å². The zero-order valence-corrected chi connectivity index (χ0v) is 18.3. The smallest absolute Gasteiger partial charge is 0.266 e. The number of aryl methyl sites for hydroxylation is 1. The Labute approximate surface area is 186 Å². The first-order valence-corrected chi connectivity index (χ1v) is 11.1. The molecular formula is C23H21ClN2O4S. The van der Waals surface area contributed by atoms with E-state index in [1.165, 1.54) is 30.3 Å². The van der Waals surface area contributed by atoms with Crippen LogP contribution in [0.15, 0.2) is 84.3 Å². The second-order valence-electron chi connectivity index (χ2n) is 6.78. The number of halogens is 1. The van der Waals surface area contributed by atoms with Gasteiger partial charge in [-0.05, 0) is 55.0 Å². The number of sulfonamides is 1. The van der Waals surface area contributed by atoms with Crippen molar-refractivity contribution in [3.05, 3.63) is 95.5 Å². The Hall–Kier alpha value is -3.29. The fourth-order valence-corrected chi connectivity index (χ4v) is 4.90. The Bertz CT molecular complexity index is 1230. The molecule has 0 bridgehead atoms. The molecule has 0 unspecified atom stereocenters. The number of phenols is 1. The largest absolute Gasteiger partial charge is 0.506 e. The summed E-state index contributed by atoms with van der Waals surface area (Å²) in [4.78, 5) is 12.5. The van der Waals surface area contributed by atoms with Crippen LogP contribution in [-0.4, -0.2) is 26.0 Å². The van der Waals surface area contributed by atoms with E-state index in [1.54, 1.807) is 42.5 Å². The molecule has 3 rings (SSSR count). The van der Waals surface area contributed by atoms with Crippen molar-refractivity contribution in [2.75, 3.05) is 16.2 Å². The molecule has 3 aromatic carbocycles. The highest BCUT2D eigenvalue weighted by molar-refractivity contribution is 7.93. The minimum atomic E-state index is -4.09. The van der Waals surface area contributed by atoms with Gasteiger partial charge in [-0.15, -0.1) is 6.58 Å². The van der Waals surface area contributed by atoms with Crippen molar-refractivity contribution in [3.8, 4) is 5.75 Å². The Morgan fingerprint density at radius 3 is 2.48 bits per heavy atom. The van der Waals surface area contributed by atoms with Crippen LogP contribution in [0, 0.1) is 6.92 Å². The van der Waals surface area contributed by atoms with Gasteiger partial charge in [-0.3, -0.25) is 9.10 Å². The highest BCUT2D eigenvalue weighted by Crippen LogP contribution is 2.30. The number of carbonyl (C=O) groups is 1. The maximum atomic E-state index is 13.4. The molecule has 0 heterocycles. The van der Waals surface area contributed by atoms with Gasteiger partial charge in [0.2, 0.25) is 0 Å². The first kappa shape index (κ1) is 22.4. The first-order valence-electron chi connectivity index (χ1n) is 9.33. The predicted octanol–water partition coefficient (Wildman–Crippen LogP) is 4.99. The Morgan fingerprint density at radius 1 is 1.13 bits per heavy atom. The highest BCUT2D eigenvalue weighted by atomic mass is 35.5. The van der Waals surface area contributed by atoms with Crippen molar-refractivity contribution >= 4 is 38.9 Å². The number of aromatic hydroxyl groups is 1. The summed E-state index contributed by atoms with van der Waals surface area (Å²) in [6.07, 6.45) is 1.47. The van der Waals surface area contributed by atoms with E-state index in [9.17, 15) is 18.3 Å². The summed E-state index contributed by atoms with van der Waals surface area (Å²) in [5.41, 5.74) is 1.57. The molecular weight excluding hydrogens is 436 g/mol. The van der Waals surface area contributed by atoms with Crippen molar-refractivity contribution < 1.29 is 18.3 Å². The Morgan fingerprint density at radius 2 is 1.84 bits per heavy atom. The van der Waals surface area contributed by atoms with Crippen LogP contribution in [0.3, 0.4) is 0 Å². The normalized spacial score (nSPS) is 11.0. The number of nitrogens with zero attached hydrogens (tertiary/aromatic N) is 1. The van der Waals surface area contributed by atoms with E-state index in [2.05, 4.69) is 11.9 Å². The molecule has 8 heteroatoms. The maximum Gasteiger partial charge on any atom is 0.266 e. The summed E-state index contributed by atoms with van der Waals surface area (Å²) in [6.45, 7) is 5.47. The van der Waals surface area contributed by atoms with Gasteiger partial charge in [0, 0.05) is 5.56 Å². The number of para-hydroxylation sites is 1. The van der Waals surface area contributed by atoms with Crippen LogP contribution in [0.2, 0.25) is 5.02 Å². The molecule has 0 spiro atoms. The number of nitrogens with one attached hydrogen (secondary N) is 1. The van der Waals surface area contributed by atoms with E-state index in [0.29, 0.717) is 5.69 Å². The maximum absolute atomic E-state index is 13.4. The molecule has 1 amide bonds. The van der Waals surface area contributed by atoms with E-state index in [-0.39, 0.29) is 33.5 Å². The fraction of sp³-hybridized carbons (Fsp3) is 0.0870. The van der Waals surface area contributed by atoms with Crippen LogP contribution in [0.1, 0.15) is 15.9 Å². The molecule has 31 heavy (non-hydrogen) atoms. The van der Waals surface area contributed by atoms with Crippen LogP contribution in [0.25, 0.3) is 0 Å². The molecule has 0 radical (unpaired) electrons. The minimum absolute atomic E-state index is 0.0141. The number of hydrogen-bond acceptors (Lipinski definition) is 4. The lowest BCUT2D eigenvalue weighted by Crippen LogP contribution is -2.31. The van der Waals surface area contributed by atoms with Crippen LogP contribution in [0.4, 0.5) is 11.4 Å². The number of amides is 1. The van der Waals surface area contributed by atoms with Gasteiger partial charge in [0.05, 0.1) is 22.9 Å². The second-order valence-corrected chi connectivity index (χ2v) is 9.02. The van der Waals surface area contributed by atoms with Gasteiger partial charge in [-0.25, -0.2) is 8.42 Å². The molecule has 0 saturated heterocycles. The zero-order chi connectivity index (χ0) is 22.6. The highest BCUT2D eigenvalue weighted by Gasteiger charge is 2.27. The van der Waals surface area contributed by atoms with Crippen molar-refractivity contribution in [3.63, 3.8) is 0 Å². The Balaban J connectivity index is 1.99. The number of carbonyl (C=O) groups excluding carboxylic acids is 1. The van der Waals surface area contributed by atoms with Crippen molar-refractivity contribution in [1.82, 2.24) is 0 Å². The summed E-state index contributed by atoms with van der Waals surface area (Å²) in [5, 5.41) is 12.6. The second kappa shape index (κ2) is 9.24. The molecule has 2 N–H and O–H groups in total. The number of hydrogen-bond donors (Lipinski definition) is 2. The molecule has 3 aromatic rings. The lowest BCUT2D eigenvalue weighted by atomic mass is 10.2. The molecule has 0 atom stereocenters.